The zero-order valence-corrected chi connectivity index (χ0v) is 9.56. The fraction of sp³-hybridized carbons (Fsp3) is 0.455. The van der Waals surface area contributed by atoms with Crippen molar-refractivity contribution in [1.82, 2.24) is 10.3 Å². The Balaban J connectivity index is 2.52. The third-order valence-electron chi connectivity index (χ3n) is 1.97. The summed E-state index contributed by atoms with van der Waals surface area (Å²) in [6.07, 6.45) is 1.51. The van der Waals surface area contributed by atoms with Gasteiger partial charge in [-0.25, -0.2) is 0 Å². The van der Waals surface area contributed by atoms with Crippen LogP contribution in [0, 0.1) is 0 Å². The lowest BCUT2D eigenvalue weighted by Crippen LogP contribution is -2.36. The van der Waals surface area contributed by atoms with Gasteiger partial charge in [-0.3, -0.25) is 9.78 Å². The predicted octanol–water partition coefficient (Wildman–Crippen LogP) is 0.819. The van der Waals surface area contributed by atoms with Crippen molar-refractivity contribution in [2.24, 2.45) is 0 Å². The summed E-state index contributed by atoms with van der Waals surface area (Å²) in [6.45, 7) is 4.91. The van der Waals surface area contributed by atoms with Gasteiger partial charge in [0.15, 0.2) is 0 Å². The molecule has 0 fully saturated rings. The first-order valence-electron chi connectivity index (χ1n) is 5.23. The number of nitrogen functional groups attached to an aromatic ring is 1. The molecule has 1 atom stereocenters. The van der Waals surface area contributed by atoms with Crippen LogP contribution in [0.15, 0.2) is 18.3 Å². The number of aromatic nitrogens is 1. The Morgan fingerprint density at radius 1 is 1.69 bits per heavy atom. The van der Waals surface area contributed by atoms with E-state index >= 15 is 0 Å². The van der Waals surface area contributed by atoms with Gasteiger partial charge >= 0.3 is 0 Å². The largest absolute Gasteiger partial charge is 0.399 e. The zero-order chi connectivity index (χ0) is 12.0. The van der Waals surface area contributed by atoms with E-state index in [1.807, 2.05) is 13.8 Å². The molecular weight excluding hydrogens is 206 g/mol. The maximum Gasteiger partial charge on any atom is 0.270 e. The molecule has 0 aliphatic rings. The van der Waals surface area contributed by atoms with Gasteiger partial charge in [-0.1, -0.05) is 0 Å². The first-order chi connectivity index (χ1) is 7.63. The number of ether oxygens (including phenoxy) is 1. The van der Waals surface area contributed by atoms with E-state index in [0.29, 0.717) is 24.6 Å². The highest BCUT2D eigenvalue weighted by atomic mass is 16.5. The molecule has 0 spiro atoms. The molecule has 0 saturated carbocycles. The van der Waals surface area contributed by atoms with Gasteiger partial charge in [0.1, 0.15) is 5.69 Å². The van der Waals surface area contributed by atoms with Crippen LogP contribution in [0.4, 0.5) is 5.69 Å². The standard InChI is InChI=1S/C11H17N3O2/c1-3-16-7-8(2)14-11(15)10-6-9(12)4-5-13-10/h4-6,8H,3,7H2,1-2H3,(H2,12,13)(H,14,15). The number of pyridine rings is 1. The third kappa shape index (κ3) is 3.86. The Bertz CT molecular complexity index is 355. The van der Waals surface area contributed by atoms with Gasteiger partial charge in [0, 0.05) is 24.5 Å². The molecule has 1 aromatic rings. The Hall–Kier alpha value is -1.62. The first-order valence-corrected chi connectivity index (χ1v) is 5.23. The summed E-state index contributed by atoms with van der Waals surface area (Å²) in [4.78, 5) is 15.6. The second kappa shape index (κ2) is 6.07. The molecule has 1 aromatic heterocycles. The molecule has 0 radical (unpaired) electrons. The number of hydrogen-bond acceptors (Lipinski definition) is 4. The number of anilines is 1. The van der Waals surface area contributed by atoms with Crippen molar-refractivity contribution in [3.05, 3.63) is 24.0 Å². The normalized spacial score (nSPS) is 12.1. The Labute approximate surface area is 95.0 Å². The van der Waals surface area contributed by atoms with Crippen LogP contribution < -0.4 is 11.1 Å². The highest BCUT2D eigenvalue weighted by Crippen LogP contribution is 2.02. The van der Waals surface area contributed by atoms with Gasteiger partial charge in [0.2, 0.25) is 0 Å². The van der Waals surface area contributed by atoms with E-state index < -0.39 is 0 Å². The second-order valence-corrected chi connectivity index (χ2v) is 3.51. The number of nitrogens with zero attached hydrogens (tertiary/aromatic N) is 1. The molecule has 1 rings (SSSR count). The minimum Gasteiger partial charge on any atom is -0.399 e. The third-order valence-corrected chi connectivity index (χ3v) is 1.97. The van der Waals surface area contributed by atoms with Crippen molar-refractivity contribution >= 4 is 11.6 Å². The molecule has 0 saturated heterocycles. The quantitative estimate of drug-likeness (QED) is 0.774. The fourth-order valence-corrected chi connectivity index (χ4v) is 1.21. The maximum atomic E-state index is 11.7. The Morgan fingerprint density at radius 2 is 2.44 bits per heavy atom. The molecule has 16 heavy (non-hydrogen) atoms. The number of carbonyl (C=O) groups excluding carboxylic acids is 1. The molecule has 0 aromatic carbocycles. The van der Waals surface area contributed by atoms with Crippen molar-refractivity contribution in [1.29, 1.82) is 0 Å². The lowest BCUT2D eigenvalue weighted by atomic mass is 10.3. The maximum absolute atomic E-state index is 11.7. The summed E-state index contributed by atoms with van der Waals surface area (Å²) in [5.41, 5.74) is 6.41. The van der Waals surface area contributed by atoms with Crippen molar-refractivity contribution in [3.63, 3.8) is 0 Å². The zero-order valence-electron chi connectivity index (χ0n) is 9.56. The van der Waals surface area contributed by atoms with Crippen molar-refractivity contribution in [2.75, 3.05) is 18.9 Å². The van der Waals surface area contributed by atoms with Crippen LogP contribution in [0.3, 0.4) is 0 Å². The van der Waals surface area contributed by atoms with Gasteiger partial charge in [-0.05, 0) is 26.0 Å². The van der Waals surface area contributed by atoms with E-state index in [0.717, 1.165) is 0 Å². The van der Waals surface area contributed by atoms with Crippen molar-refractivity contribution in [3.8, 4) is 0 Å². The molecule has 5 heteroatoms. The van der Waals surface area contributed by atoms with Gasteiger partial charge in [-0.15, -0.1) is 0 Å². The van der Waals surface area contributed by atoms with Crippen LogP contribution in [0.5, 0.6) is 0 Å². The highest BCUT2D eigenvalue weighted by Gasteiger charge is 2.10. The van der Waals surface area contributed by atoms with Crippen molar-refractivity contribution in [2.45, 2.75) is 19.9 Å². The number of amides is 1. The predicted molar refractivity (Wildman–Crippen MR) is 62.1 cm³/mol. The van der Waals surface area contributed by atoms with E-state index in [2.05, 4.69) is 10.3 Å². The van der Waals surface area contributed by atoms with E-state index in [4.69, 9.17) is 10.5 Å². The van der Waals surface area contributed by atoms with Gasteiger partial charge in [0.25, 0.3) is 5.91 Å². The highest BCUT2D eigenvalue weighted by molar-refractivity contribution is 5.93. The van der Waals surface area contributed by atoms with Crippen LogP contribution in [0.2, 0.25) is 0 Å². The van der Waals surface area contributed by atoms with Crippen molar-refractivity contribution < 1.29 is 9.53 Å². The summed E-state index contributed by atoms with van der Waals surface area (Å²) < 4.78 is 5.20. The average Bonchev–Trinajstić information content (AvgIpc) is 2.26. The topological polar surface area (TPSA) is 77.2 Å². The second-order valence-electron chi connectivity index (χ2n) is 3.51. The summed E-state index contributed by atoms with van der Waals surface area (Å²) in [5.74, 6) is -0.237. The Morgan fingerprint density at radius 3 is 3.06 bits per heavy atom. The fourth-order valence-electron chi connectivity index (χ4n) is 1.21. The van der Waals surface area contributed by atoms with E-state index in [1.165, 1.54) is 6.20 Å². The van der Waals surface area contributed by atoms with Crippen LogP contribution in [-0.4, -0.2) is 30.1 Å². The van der Waals surface area contributed by atoms with E-state index in [1.54, 1.807) is 12.1 Å². The summed E-state index contributed by atoms with van der Waals surface area (Å²) in [6, 6.07) is 3.14. The molecule has 1 amide bonds. The number of nitrogens with two attached hydrogens (primary N) is 1. The molecule has 5 nitrogen and oxygen atoms in total. The number of rotatable bonds is 5. The lowest BCUT2D eigenvalue weighted by molar-refractivity contribution is 0.0867. The summed E-state index contributed by atoms with van der Waals surface area (Å²) in [7, 11) is 0. The van der Waals surface area contributed by atoms with E-state index in [-0.39, 0.29) is 11.9 Å². The van der Waals surface area contributed by atoms with Crippen LogP contribution in [0.1, 0.15) is 24.3 Å². The van der Waals surface area contributed by atoms with Gasteiger partial charge in [-0.2, -0.15) is 0 Å². The average molecular weight is 223 g/mol. The minimum atomic E-state index is -0.237. The number of nitrogens with one attached hydrogen (secondary N) is 1. The SMILES string of the molecule is CCOCC(C)NC(=O)c1cc(N)ccn1. The number of hydrogen-bond donors (Lipinski definition) is 2. The molecule has 1 unspecified atom stereocenters. The molecule has 0 aliphatic heterocycles. The van der Waals surface area contributed by atoms with Crippen LogP contribution in [-0.2, 0) is 4.74 Å². The van der Waals surface area contributed by atoms with Crippen LogP contribution >= 0.6 is 0 Å². The number of carbonyl (C=O) groups is 1. The molecule has 88 valence electrons. The molecule has 1 heterocycles. The first kappa shape index (κ1) is 12.4. The monoisotopic (exact) mass is 223 g/mol. The lowest BCUT2D eigenvalue weighted by Gasteiger charge is -2.13. The molecular formula is C11H17N3O2. The Kier molecular flexibility index (Phi) is 4.72. The molecule has 0 bridgehead atoms. The van der Waals surface area contributed by atoms with E-state index in [9.17, 15) is 4.79 Å². The minimum absolute atomic E-state index is 0.0457. The summed E-state index contributed by atoms with van der Waals surface area (Å²) in [5, 5.41) is 2.78. The smallest absolute Gasteiger partial charge is 0.270 e. The molecule has 3 N–H and O–H groups in total. The van der Waals surface area contributed by atoms with Gasteiger partial charge < -0.3 is 15.8 Å². The van der Waals surface area contributed by atoms with Crippen LogP contribution in [0.25, 0.3) is 0 Å². The summed E-state index contributed by atoms with van der Waals surface area (Å²) >= 11 is 0. The van der Waals surface area contributed by atoms with Gasteiger partial charge in [0.05, 0.1) is 6.61 Å². The molecule has 0 aliphatic carbocycles.